The first-order valence-electron chi connectivity index (χ1n) is 10.4. The number of carbonyl (C=O) groups excluding carboxylic acids is 2. The molecule has 2 rings (SSSR count). The van der Waals surface area contributed by atoms with Crippen molar-refractivity contribution in [3.63, 3.8) is 0 Å². The van der Waals surface area contributed by atoms with E-state index in [0.29, 0.717) is 18.7 Å². The molecule has 9 heteroatoms. The molecule has 0 fully saturated rings. The molecule has 2 aromatic rings. The van der Waals surface area contributed by atoms with Gasteiger partial charge in [0.1, 0.15) is 18.3 Å². The van der Waals surface area contributed by atoms with Crippen LogP contribution in [0.25, 0.3) is 0 Å². The van der Waals surface area contributed by atoms with Crippen molar-refractivity contribution in [1.82, 2.24) is 10.2 Å². The van der Waals surface area contributed by atoms with E-state index >= 15 is 0 Å². The van der Waals surface area contributed by atoms with Crippen LogP contribution in [0.5, 0.6) is 5.75 Å². The van der Waals surface area contributed by atoms with Gasteiger partial charge in [-0.2, -0.15) is 0 Å². The average molecular weight is 462 g/mol. The Kier molecular flexibility index (Phi) is 9.07. The molecule has 0 bridgehead atoms. The van der Waals surface area contributed by atoms with E-state index in [1.54, 1.807) is 38.1 Å². The number of carbonyl (C=O) groups is 2. The molecule has 0 aliphatic heterocycles. The first kappa shape index (κ1) is 25.2. The van der Waals surface area contributed by atoms with E-state index in [1.165, 1.54) is 12.0 Å². The van der Waals surface area contributed by atoms with Gasteiger partial charge in [0.15, 0.2) is 0 Å². The molecule has 0 spiro atoms. The third-order valence-corrected chi connectivity index (χ3v) is 6.16. The highest BCUT2D eigenvalue weighted by Crippen LogP contribution is 2.29. The fourth-order valence-corrected chi connectivity index (χ4v) is 4.18. The zero-order valence-corrected chi connectivity index (χ0v) is 19.8. The summed E-state index contributed by atoms with van der Waals surface area (Å²) in [4.78, 5) is 27.3. The van der Waals surface area contributed by atoms with Crippen molar-refractivity contribution in [1.29, 1.82) is 0 Å². The third-order valence-electron chi connectivity index (χ3n) is 5.04. The summed E-state index contributed by atoms with van der Waals surface area (Å²) in [5.41, 5.74) is 1.28. The summed E-state index contributed by atoms with van der Waals surface area (Å²) in [6.07, 6.45) is 1.57. The van der Waals surface area contributed by atoms with Gasteiger partial charge in [0.2, 0.25) is 21.8 Å². The van der Waals surface area contributed by atoms with Crippen LogP contribution in [0, 0.1) is 0 Å². The lowest BCUT2D eigenvalue weighted by molar-refractivity contribution is -0.138. The van der Waals surface area contributed by atoms with E-state index < -0.39 is 28.5 Å². The van der Waals surface area contributed by atoms with E-state index in [4.69, 9.17) is 4.74 Å². The number of hydrogen-bond acceptors (Lipinski definition) is 5. The number of ether oxygens (including phenoxy) is 1. The first-order chi connectivity index (χ1) is 15.2. The first-order valence-corrected chi connectivity index (χ1v) is 12.3. The molecule has 2 aromatic carbocycles. The van der Waals surface area contributed by atoms with Crippen LogP contribution in [-0.4, -0.2) is 64.2 Å². The van der Waals surface area contributed by atoms with Gasteiger partial charge in [0.25, 0.3) is 0 Å². The van der Waals surface area contributed by atoms with E-state index in [1.807, 2.05) is 30.3 Å². The summed E-state index contributed by atoms with van der Waals surface area (Å²) in [7, 11) is -2.36. The lowest BCUT2D eigenvalue weighted by atomic mass is 10.1. The van der Waals surface area contributed by atoms with Crippen LogP contribution in [-0.2, 0) is 26.0 Å². The summed E-state index contributed by atoms with van der Waals surface area (Å²) in [6.45, 7) is 3.69. The van der Waals surface area contributed by atoms with Gasteiger partial charge in [0, 0.05) is 13.1 Å². The normalized spacial score (nSPS) is 12.0. The SMILES string of the molecule is CCNC(=O)[C@@H](C)N(CCc1ccccc1)C(=O)CN(c1ccccc1OC)S(C)(=O)=O. The lowest BCUT2D eigenvalue weighted by Crippen LogP contribution is -2.52. The van der Waals surface area contributed by atoms with Gasteiger partial charge in [-0.05, 0) is 38.0 Å². The van der Waals surface area contributed by atoms with Crippen LogP contribution in [0.3, 0.4) is 0 Å². The number of likely N-dealkylation sites (N-methyl/N-ethyl adjacent to an activating group) is 1. The molecule has 2 amide bonds. The maximum absolute atomic E-state index is 13.3. The molecule has 0 aliphatic rings. The Morgan fingerprint density at radius 3 is 2.28 bits per heavy atom. The molecule has 0 aliphatic carbocycles. The molecule has 0 aromatic heterocycles. The van der Waals surface area contributed by atoms with Crippen LogP contribution >= 0.6 is 0 Å². The highest BCUT2D eigenvalue weighted by Gasteiger charge is 2.30. The highest BCUT2D eigenvalue weighted by molar-refractivity contribution is 7.92. The van der Waals surface area contributed by atoms with Gasteiger partial charge < -0.3 is 15.0 Å². The third kappa shape index (κ3) is 6.71. The molecule has 1 N–H and O–H groups in total. The molecule has 1 atom stereocenters. The number of sulfonamides is 1. The number of benzene rings is 2. The van der Waals surface area contributed by atoms with Gasteiger partial charge in [-0.3, -0.25) is 13.9 Å². The second-order valence-corrected chi connectivity index (χ2v) is 9.24. The highest BCUT2D eigenvalue weighted by atomic mass is 32.2. The van der Waals surface area contributed by atoms with E-state index in [9.17, 15) is 18.0 Å². The second-order valence-electron chi connectivity index (χ2n) is 7.33. The number of nitrogens with one attached hydrogen (secondary N) is 1. The average Bonchev–Trinajstić information content (AvgIpc) is 2.77. The van der Waals surface area contributed by atoms with Crippen LogP contribution in [0.2, 0.25) is 0 Å². The minimum Gasteiger partial charge on any atom is -0.495 e. The minimum absolute atomic E-state index is 0.263. The summed E-state index contributed by atoms with van der Waals surface area (Å²) >= 11 is 0. The molecule has 0 radical (unpaired) electrons. The number of hydrogen-bond donors (Lipinski definition) is 1. The van der Waals surface area contributed by atoms with Gasteiger partial charge in [-0.15, -0.1) is 0 Å². The smallest absolute Gasteiger partial charge is 0.244 e. The summed E-state index contributed by atoms with van der Waals surface area (Å²) < 4.78 is 31.4. The van der Waals surface area contributed by atoms with Crippen molar-refractivity contribution in [3.8, 4) is 5.75 Å². The van der Waals surface area contributed by atoms with Crippen molar-refractivity contribution >= 4 is 27.5 Å². The van der Waals surface area contributed by atoms with Crippen LogP contribution < -0.4 is 14.4 Å². The quantitative estimate of drug-likeness (QED) is 0.553. The van der Waals surface area contributed by atoms with Gasteiger partial charge in [-0.1, -0.05) is 42.5 Å². The number of anilines is 1. The number of methoxy groups -OCH3 is 1. The van der Waals surface area contributed by atoms with Crippen molar-refractivity contribution in [2.45, 2.75) is 26.3 Å². The molecular formula is C23H31N3O5S. The molecule has 0 unspecified atom stereocenters. The van der Waals surface area contributed by atoms with E-state index in [0.717, 1.165) is 16.1 Å². The van der Waals surface area contributed by atoms with Gasteiger partial charge >= 0.3 is 0 Å². The molecule has 0 heterocycles. The topological polar surface area (TPSA) is 96.0 Å². The van der Waals surface area contributed by atoms with Crippen molar-refractivity contribution in [3.05, 3.63) is 60.2 Å². The Morgan fingerprint density at radius 2 is 1.69 bits per heavy atom. The Morgan fingerprint density at radius 1 is 1.06 bits per heavy atom. The minimum atomic E-state index is -3.80. The molecule has 0 saturated heterocycles. The van der Waals surface area contributed by atoms with Gasteiger partial charge in [-0.25, -0.2) is 8.42 Å². The molecular weight excluding hydrogens is 430 g/mol. The van der Waals surface area contributed by atoms with Crippen molar-refractivity contribution < 1.29 is 22.7 Å². The lowest BCUT2D eigenvalue weighted by Gasteiger charge is -2.31. The van der Waals surface area contributed by atoms with Crippen LogP contribution in [0.1, 0.15) is 19.4 Å². The predicted octanol–water partition coefficient (Wildman–Crippen LogP) is 2.06. The summed E-state index contributed by atoms with van der Waals surface area (Å²) in [5.74, 6) is -0.438. The number of nitrogens with zero attached hydrogens (tertiary/aromatic N) is 2. The fourth-order valence-electron chi connectivity index (χ4n) is 3.32. The Balaban J connectivity index is 2.33. The maximum atomic E-state index is 13.3. The zero-order valence-electron chi connectivity index (χ0n) is 18.9. The Bertz CT molecular complexity index is 1010. The van der Waals surface area contributed by atoms with E-state index in [2.05, 4.69) is 5.32 Å². The number of para-hydroxylation sites is 2. The number of rotatable bonds is 11. The predicted molar refractivity (Wildman–Crippen MR) is 125 cm³/mol. The second kappa shape index (κ2) is 11.5. The van der Waals surface area contributed by atoms with E-state index in [-0.39, 0.29) is 18.1 Å². The molecule has 32 heavy (non-hydrogen) atoms. The standard InChI is InChI=1S/C23H31N3O5S/c1-5-24-23(28)18(2)25(16-15-19-11-7-6-8-12-19)22(27)17-26(32(4,29)30)20-13-9-10-14-21(20)31-3/h6-14,18H,5,15-17H2,1-4H3,(H,24,28)/t18-/m1/s1. The van der Waals surface area contributed by atoms with Crippen molar-refractivity contribution in [2.75, 3.05) is 37.3 Å². The molecule has 174 valence electrons. The fraction of sp³-hybridized carbons (Fsp3) is 0.391. The number of amides is 2. The van der Waals surface area contributed by atoms with Crippen molar-refractivity contribution in [2.24, 2.45) is 0 Å². The van der Waals surface area contributed by atoms with Crippen LogP contribution in [0.4, 0.5) is 5.69 Å². The maximum Gasteiger partial charge on any atom is 0.244 e. The Labute approximate surface area is 190 Å². The summed E-state index contributed by atoms with van der Waals surface area (Å²) in [5, 5.41) is 2.73. The Hall–Kier alpha value is -3.07. The van der Waals surface area contributed by atoms with Crippen LogP contribution in [0.15, 0.2) is 54.6 Å². The largest absolute Gasteiger partial charge is 0.495 e. The summed E-state index contributed by atoms with van der Waals surface area (Å²) in [6, 6.07) is 15.4. The monoisotopic (exact) mass is 461 g/mol. The van der Waals surface area contributed by atoms with Gasteiger partial charge in [0.05, 0.1) is 19.1 Å². The molecule has 8 nitrogen and oxygen atoms in total. The molecule has 0 saturated carbocycles. The zero-order chi connectivity index (χ0) is 23.7.